The molecular weight excluding hydrogens is 569 g/mol. The van der Waals surface area contributed by atoms with E-state index < -0.39 is 41.5 Å². The lowest BCUT2D eigenvalue weighted by molar-refractivity contribution is -0.144. The number of hydrogen-bond acceptors (Lipinski definition) is 7. The number of rotatable bonds is 8. The first-order valence-corrected chi connectivity index (χ1v) is 13.5. The van der Waals surface area contributed by atoms with Crippen LogP contribution in [0.4, 0.5) is 23.7 Å². The summed E-state index contributed by atoms with van der Waals surface area (Å²) in [4.78, 5) is 41.1. The van der Waals surface area contributed by atoms with Crippen molar-refractivity contribution in [1.82, 2.24) is 14.7 Å². The normalized spacial score (nSPS) is 13.7. The van der Waals surface area contributed by atoms with Crippen LogP contribution in [0.1, 0.15) is 44.1 Å². The summed E-state index contributed by atoms with van der Waals surface area (Å²) in [5.41, 5.74) is -0.0471. The summed E-state index contributed by atoms with van der Waals surface area (Å²) < 4.78 is 57.8. The molecule has 230 valence electrons. The number of carbonyl (C=O) groups is 3. The number of anilines is 1. The molecule has 0 fully saturated rings. The minimum atomic E-state index is -4.62. The van der Waals surface area contributed by atoms with Gasteiger partial charge in [0.05, 0.1) is 19.2 Å². The molecule has 0 aliphatic carbocycles. The molecule has 1 atom stereocenters. The zero-order valence-corrected chi connectivity index (χ0v) is 24.5. The van der Waals surface area contributed by atoms with Crippen LogP contribution in [0.5, 0.6) is 5.75 Å². The second kappa shape index (κ2) is 12.4. The third-order valence-corrected chi connectivity index (χ3v) is 6.67. The molecule has 2 aromatic carbocycles. The number of likely N-dealkylation sites (N-methyl/N-ethyl adjacent to an activating group) is 1. The molecule has 13 heteroatoms. The van der Waals surface area contributed by atoms with Crippen LogP contribution in [0.25, 0.3) is 5.69 Å². The Labute approximate surface area is 246 Å². The summed E-state index contributed by atoms with van der Waals surface area (Å²) in [6.07, 6.45) is -5.29. The fourth-order valence-electron chi connectivity index (χ4n) is 4.59. The van der Waals surface area contributed by atoms with Gasteiger partial charge in [-0.3, -0.25) is 14.5 Å². The Bertz CT molecular complexity index is 1480. The molecule has 1 aromatic heterocycles. The molecule has 1 aliphatic rings. The Balaban J connectivity index is 1.50. The van der Waals surface area contributed by atoms with Crippen LogP contribution in [0, 0.1) is 0 Å². The average molecular weight is 603 g/mol. The van der Waals surface area contributed by atoms with Crippen molar-refractivity contribution >= 4 is 23.7 Å². The van der Waals surface area contributed by atoms with E-state index in [9.17, 15) is 27.6 Å². The van der Waals surface area contributed by atoms with Crippen molar-refractivity contribution in [2.24, 2.45) is 0 Å². The first-order valence-electron chi connectivity index (χ1n) is 13.5. The van der Waals surface area contributed by atoms with E-state index in [1.807, 2.05) is 0 Å². The molecule has 0 N–H and O–H groups in total. The summed E-state index contributed by atoms with van der Waals surface area (Å²) in [6.45, 7) is 5.14. The van der Waals surface area contributed by atoms with Crippen molar-refractivity contribution in [2.75, 3.05) is 25.6 Å². The van der Waals surface area contributed by atoms with Crippen molar-refractivity contribution in [3.63, 3.8) is 0 Å². The van der Waals surface area contributed by atoms with Gasteiger partial charge in [0, 0.05) is 19.3 Å². The molecule has 0 unspecified atom stereocenters. The number of hydrogen-bond donors (Lipinski definition) is 0. The molecule has 0 bridgehead atoms. The van der Waals surface area contributed by atoms with E-state index in [0.29, 0.717) is 17.9 Å². The standard InChI is InChI=1S/C30H33F3N4O6/c1-29(2,3)43-28(40)35(4)24(17-26(38)41-5)27(39)36-14-13-19-15-22(11-12-23(19)36)42-18-20-16-25(30(31,32)33)37(34-20)21-9-7-6-8-10-21/h6-12,15-16,24H,13-14,17-18H2,1-5H3/t24-/m1/s1. The van der Waals surface area contributed by atoms with Gasteiger partial charge in [-0.05, 0) is 69.2 Å². The van der Waals surface area contributed by atoms with E-state index >= 15 is 0 Å². The van der Waals surface area contributed by atoms with Gasteiger partial charge in [-0.1, -0.05) is 18.2 Å². The van der Waals surface area contributed by atoms with Gasteiger partial charge < -0.3 is 19.1 Å². The molecule has 2 heterocycles. The number of fused-ring (bicyclic) bond motifs is 1. The highest BCUT2D eigenvalue weighted by Gasteiger charge is 2.38. The van der Waals surface area contributed by atoms with E-state index in [-0.39, 0.29) is 31.0 Å². The van der Waals surface area contributed by atoms with E-state index in [1.165, 1.54) is 31.2 Å². The number of nitrogens with zero attached hydrogens (tertiary/aromatic N) is 4. The van der Waals surface area contributed by atoms with Gasteiger partial charge in [-0.15, -0.1) is 0 Å². The first kappa shape index (κ1) is 31.4. The Morgan fingerprint density at radius 1 is 1.05 bits per heavy atom. The van der Waals surface area contributed by atoms with Crippen LogP contribution in [0.3, 0.4) is 0 Å². The number of ether oxygens (including phenoxy) is 3. The molecular formula is C30H33F3N4O6. The number of benzene rings is 2. The Morgan fingerprint density at radius 3 is 2.37 bits per heavy atom. The SMILES string of the molecule is COC(=O)C[C@H](C(=O)N1CCc2cc(OCc3cc(C(F)(F)F)n(-c4ccccc4)n3)ccc21)N(C)C(=O)OC(C)(C)C. The summed E-state index contributed by atoms with van der Waals surface area (Å²) in [7, 11) is 2.58. The molecule has 0 saturated heterocycles. The van der Waals surface area contributed by atoms with E-state index in [2.05, 4.69) is 5.10 Å². The highest BCUT2D eigenvalue weighted by atomic mass is 19.4. The lowest BCUT2D eigenvalue weighted by Crippen LogP contribution is -2.51. The maximum Gasteiger partial charge on any atom is 0.433 e. The number of aromatic nitrogens is 2. The van der Waals surface area contributed by atoms with Crippen LogP contribution >= 0.6 is 0 Å². The largest absolute Gasteiger partial charge is 0.487 e. The van der Waals surface area contributed by atoms with Crippen molar-refractivity contribution in [3.05, 3.63) is 71.5 Å². The van der Waals surface area contributed by atoms with Crippen molar-refractivity contribution in [1.29, 1.82) is 0 Å². The number of para-hydroxylation sites is 1. The van der Waals surface area contributed by atoms with Gasteiger partial charge in [0.2, 0.25) is 0 Å². The lowest BCUT2D eigenvalue weighted by Gasteiger charge is -2.32. The first-order chi connectivity index (χ1) is 20.2. The molecule has 3 aromatic rings. The van der Waals surface area contributed by atoms with Gasteiger partial charge in [0.15, 0.2) is 0 Å². The monoisotopic (exact) mass is 602 g/mol. The van der Waals surface area contributed by atoms with Crippen molar-refractivity contribution in [3.8, 4) is 11.4 Å². The fourth-order valence-corrected chi connectivity index (χ4v) is 4.59. The lowest BCUT2D eigenvalue weighted by atomic mass is 10.1. The smallest absolute Gasteiger partial charge is 0.433 e. The Hall–Kier alpha value is -4.55. The van der Waals surface area contributed by atoms with E-state index in [1.54, 1.807) is 57.2 Å². The molecule has 4 rings (SSSR count). The number of alkyl halides is 3. The molecule has 0 radical (unpaired) electrons. The van der Waals surface area contributed by atoms with Gasteiger partial charge in [-0.2, -0.15) is 18.3 Å². The topological polar surface area (TPSA) is 103 Å². The Morgan fingerprint density at radius 2 is 1.74 bits per heavy atom. The summed E-state index contributed by atoms with van der Waals surface area (Å²) in [5, 5.41) is 4.11. The minimum absolute atomic E-state index is 0.0873. The van der Waals surface area contributed by atoms with E-state index in [4.69, 9.17) is 14.2 Å². The number of carbonyl (C=O) groups excluding carboxylic acids is 3. The molecule has 0 spiro atoms. The summed E-state index contributed by atoms with van der Waals surface area (Å²) in [5.74, 6) is -0.773. The number of halogens is 3. The third kappa shape index (κ3) is 7.46. The van der Waals surface area contributed by atoms with Gasteiger partial charge in [0.25, 0.3) is 5.91 Å². The van der Waals surface area contributed by atoms with Crippen LogP contribution in [-0.2, 0) is 38.3 Å². The Kier molecular flexibility index (Phi) is 9.02. The zero-order chi connectivity index (χ0) is 31.5. The average Bonchev–Trinajstić information content (AvgIpc) is 3.58. The summed E-state index contributed by atoms with van der Waals surface area (Å²) in [6, 6.07) is 12.7. The quantitative estimate of drug-likeness (QED) is 0.328. The third-order valence-electron chi connectivity index (χ3n) is 6.67. The predicted molar refractivity (Wildman–Crippen MR) is 150 cm³/mol. The zero-order valence-electron chi connectivity index (χ0n) is 24.5. The number of methoxy groups -OCH3 is 1. The van der Waals surface area contributed by atoms with Crippen LogP contribution < -0.4 is 9.64 Å². The van der Waals surface area contributed by atoms with Gasteiger partial charge in [-0.25, -0.2) is 9.48 Å². The highest BCUT2D eigenvalue weighted by Crippen LogP contribution is 2.34. The van der Waals surface area contributed by atoms with E-state index in [0.717, 1.165) is 21.2 Å². The highest BCUT2D eigenvalue weighted by molar-refractivity contribution is 6.02. The molecule has 10 nitrogen and oxygen atoms in total. The predicted octanol–water partition coefficient (Wildman–Crippen LogP) is 5.16. The minimum Gasteiger partial charge on any atom is -0.487 e. The summed E-state index contributed by atoms with van der Waals surface area (Å²) >= 11 is 0. The maximum absolute atomic E-state index is 13.7. The second-order valence-electron chi connectivity index (χ2n) is 11.0. The van der Waals surface area contributed by atoms with Crippen molar-refractivity contribution < 1.29 is 41.8 Å². The maximum atomic E-state index is 13.7. The molecule has 43 heavy (non-hydrogen) atoms. The van der Waals surface area contributed by atoms with Gasteiger partial charge in [0.1, 0.15) is 35.4 Å². The number of esters is 1. The number of amides is 2. The molecule has 1 aliphatic heterocycles. The van der Waals surface area contributed by atoms with Gasteiger partial charge >= 0.3 is 18.2 Å². The van der Waals surface area contributed by atoms with Crippen LogP contribution in [0.15, 0.2) is 54.6 Å². The molecule has 0 saturated carbocycles. The fraction of sp³-hybridized carbons (Fsp3) is 0.400. The molecule has 2 amide bonds. The van der Waals surface area contributed by atoms with Crippen LogP contribution in [0.2, 0.25) is 0 Å². The van der Waals surface area contributed by atoms with Crippen molar-refractivity contribution in [2.45, 2.75) is 58.0 Å². The van der Waals surface area contributed by atoms with Crippen LogP contribution in [-0.4, -0.2) is 65.0 Å². The second-order valence-corrected chi connectivity index (χ2v) is 11.0.